The minimum Gasteiger partial charge on any atom is -0.506 e. The van der Waals surface area contributed by atoms with E-state index in [1.165, 1.54) is 31.2 Å². The number of ether oxygens (including phenoxy) is 5. The molecule has 0 aromatic heterocycles. The third-order valence-electron chi connectivity index (χ3n) is 9.45. The maximum absolute atomic E-state index is 13.9. The van der Waals surface area contributed by atoms with E-state index in [2.05, 4.69) is 0 Å². The first kappa shape index (κ1) is 37.6. The molecule has 1 fully saturated rings. The molecule has 278 valence electrons. The number of aromatic hydroxyl groups is 2. The van der Waals surface area contributed by atoms with Gasteiger partial charge >= 0.3 is 23.9 Å². The second-order valence-electron chi connectivity index (χ2n) is 13.3. The van der Waals surface area contributed by atoms with Crippen molar-refractivity contribution in [1.82, 2.24) is 0 Å². The van der Waals surface area contributed by atoms with Crippen molar-refractivity contribution in [3.63, 3.8) is 0 Å². The Morgan fingerprint density at radius 3 is 2.02 bits per heavy atom. The van der Waals surface area contributed by atoms with E-state index < -0.39 is 120 Å². The normalized spacial score (nSPS) is 24.6. The molecule has 0 radical (unpaired) electrons. The number of Topliss-reactive ketones (excluding diaryl/α,β-unsaturated/α-hetero) is 2. The molecule has 5 N–H and O–H groups in total. The zero-order valence-electron chi connectivity index (χ0n) is 28.9. The van der Waals surface area contributed by atoms with Crippen molar-refractivity contribution in [3.05, 3.63) is 41.0 Å². The standard InChI is InChI=1S/C36H38O16/c1-15-10-22(41)29-32(47)28-25(52-36(29,13-37)34(15)50-19(5)40)9-7-21(31(28)46)20-6-8-24-27(30(20)45)23(42)12-35(51-24,14-48-17(3)38)33(49-18(4)39)16(2)11-26(43)44/h6-9,15-16,33-34,37,45-47H,10-14H2,1-5H3,(H,43,44)/t15-,16-,33-,34-,35+,36+/m0/s1. The maximum atomic E-state index is 13.9. The Bertz CT molecular complexity index is 1910. The number of hydrogen-bond donors (Lipinski definition) is 5. The molecule has 16 heteroatoms. The van der Waals surface area contributed by atoms with E-state index in [0.29, 0.717) is 0 Å². The Kier molecular flexibility index (Phi) is 10.00. The van der Waals surface area contributed by atoms with Gasteiger partial charge in [-0.25, -0.2) is 0 Å². The number of carbonyl (C=O) groups is 6. The van der Waals surface area contributed by atoms with Gasteiger partial charge in [0.1, 0.15) is 52.6 Å². The molecule has 0 bridgehead atoms. The quantitative estimate of drug-likeness (QED) is 0.174. The Labute approximate surface area is 296 Å². The molecule has 0 amide bonds. The molecule has 52 heavy (non-hydrogen) atoms. The molecule has 1 saturated carbocycles. The second-order valence-corrected chi connectivity index (χ2v) is 13.3. The fraction of sp³-hybridized carbons (Fsp3) is 0.444. The van der Waals surface area contributed by atoms with Crippen LogP contribution in [0.5, 0.6) is 23.0 Å². The van der Waals surface area contributed by atoms with Crippen molar-refractivity contribution < 1.29 is 78.0 Å². The largest absolute Gasteiger partial charge is 0.506 e. The number of ketones is 2. The highest BCUT2D eigenvalue weighted by Crippen LogP contribution is 2.54. The lowest BCUT2D eigenvalue weighted by Crippen LogP contribution is -2.62. The number of fused-ring (bicyclic) bond motifs is 3. The summed E-state index contributed by atoms with van der Waals surface area (Å²) in [7, 11) is 0. The molecule has 6 atom stereocenters. The number of aliphatic hydroxyl groups is 2. The first-order chi connectivity index (χ1) is 24.4. The number of carboxylic acid groups (broad SMARTS) is 1. The molecule has 0 saturated heterocycles. The number of hydrogen-bond acceptors (Lipinski definition) is 15. The van der Waals surface area contributed by atoms with Crippen LogP contribution in [-0.2, 0) is 38.2 Å². The highest BCUT2D eigenvalue weighted by atomic mass is 16.6. The first-order valence-electron chi connectivity index (χ1n) is 16.3. The molecule has 2 heterocycles. The van der Waals surface area contributed by atoms with Crippen LogP contribution in [0, 0.1) is 11.8 Å². The van der Waals surface area contributed by atoms with Gasteiger partial charge in [0.2, 0.25) is 5.60 Å². The molecule has 2 aromatic rings. The highest BCUT2D eigenvalue weighted by molar-refractivity contribution is 6.08. The van der Waals surface area contributed by atoms with Gasteiger partial charge in [0.15, 0.2) is 23.3 Å². The van der Waals surface area contributed by atoms with Crippen LogP contribution in [0.15, 0.2) is 29.8 Å². The zero-order valence-corrected chi connectivity index (χ0v) is 28.9. The van der Waals surface area contributed by atoms with Crippen molar-refractivity contribution in [1.29, 1.82) is 0 Å². The molecule has 1 aliphatic carbocycles. The van der Waals surface area contributed by atoms with Crippen LogP contribution >= 0.6 is 0 Å². The van der Waals surface area contributed by atoms with Crippen molar-refractivity contribution in [2.45, 2.75) is 77.3 Å². The monoisotopic (exact) mass is 726 g/mol. The lowest BCUT2D eigenvalue weighted by atomic mass is 9.69. The number of benzene rings is 2. The van der Waals surface area contributed by atoms with Gasteiger partial charge in [-0.05, 0) is 24.3 Å². The number of phenolic OH excluding ortho intramolecular Hbond substituents is 2. The van der Waals surface area contributed by atoms with Crippen LogP contribution in [0.4, 0.5) is 0 Å². The smallest absolute Gasteiger partial charge is 0.303 e. The predicted octanol–water partition coefficient (Wildman–Crippen LogP) is 3.01. The summed E-state index contributed by atoms with van der Waals surface area (Å²) in [5.41, 5.74) is -5.29. The number of aliphatic hydroxyl groups excluding tert-OH is 2. The molecular formula is C36H38O16. The van der Waals surface area contributed by atoms with E-state index in [9.17, 15) is 54.3 Å². The predicted molar refractivity (Wildman–Crippen MR) is 175 cm³/mol. The molecule has 0 unspecified atom stereocenters. The van der Waals surface area contributed by atoms with E-state index in [-0.39, 0.29) is 40.2 Å². The highest BCUT2D eigenvalue weighted by Gasteiger charge is 2.59. The van der Waals surface area contributed by atoms with E-state index in [4.69, 9.17) is 23.7 Å². The summed E-state index contributed by atoms with van der Waals surface area (Å²) in [5.74, 6) is -9.00. The van der Waals surface area contributed by atoms with E-state index in [1.807, 2.05) is 0 Å². The van der Waals surface area contributed by atoms with Gasteiger partial charge in [-0.1, -0.05) is 13.8 Å². The van der Waals surface area contributed by atoms with Crippen LogP contribution in [0.2, 0.25) is 0 Å². The van der Waals surface area contributed by atoms with Gasteiger partial charge in [-0.15, -0.1) is 0 Å². The third kappa shape index (κ3) is 6.38. The fourth-order valence-corrected chi connectivity index (χ4v) is 7.41. The Morgan fingerprint density at radius 1 is 0.885 bits per heavy atom. The molecule has 2 aromatic carbocycles. The lowest BCUT2D eigenvalue weighted by molar-refractivity contribution is -0.180. The maximum Gasteiger partial charge on any atom is 0.303 e. The molecule has 0 spiro atoms. The van der Waals surface area contributed by atoms with Crippen LogP contribution in [0.3, 0.4) is 0 Å². The molecule has 3 aliphatic rings. The lowest BCUT2D eigenvalue weighted by Gasteiger charge is -2.47. The van der Waals surface area contributed by atoms with Gasteiger partial charge < -0.3 is 49.2 Å². The van der Waals surface area contributed by atoms with Crippen LogP contribution < -0.4 is 9.47 Å². The summed E-state index contributed by atoms with van der Waals surface area (Å²) >= 11 is 0. The van der Waals surface area contributed by atoms with Crippen LogP contribution in [-0.4, -0.2) is 97.6 Å². The van der Waals surface area contributed by atoms with Crippen molar-refractivity contribution in [2.24, 2.45) is 11.8 Å². The number of phenols is 2. The molecule has 16 nitrogen and oxygen atoms in total. The Balaban J connectivity index is 1.61. The van der Waals surface area contributed by atoms with Crippen LogP contribution in [0.25, 0.3) is 16.9 Å². The number of esters is 3. The molecule has 5 rings (SSSR count). The minimum absolute atomic E-state index is 0.127. The number of rotatable bonds is 10. The van der Waals surface area contributed by atoms with E-state index in [1.54, 1.807) is 6.92 Å². The first-order valence-corrected chi connectivity index (χ1v) is 16.3. The van der Waals surface area contributed by atoms with Gasteiger partial charge in [0.25, 0.3) is 0 Å². The van der Waals surface area contributed by atoms with Crippen molar-refractivity contribution in [3.8, 4) is 34.1 Å². The fourth-order valence-electron chi connectivity index (χ4n) is 7.41. The average molecular weight is 727 g/mol. The number of carbonyl (C=O) groups excluding carboxylic acids is 5. The van der Waals surface area contributed by atoms with E-state index in [0.717, 1.165) is 20.8 Å². The topological polar surface area (TPSA) is 250 Å². The summed E-state index contributed by atoms with van der Waals surface area (Å²) in [6.07, 6.45) is -3.92. The SMILES string of the molecule is CC(=O)OC[C@@]1([C@@H](OC(C)=O)[C@@H](C)CC(=O)O)CC(=O)c2c(ccc(-c3ccc4c(c3O)C(O)=C3C(=O)C[C@H](C)[C@H](OC(C)=O)[C@]3(CO)O4)c2O)O1. The summed E-state index contributed by atoms with van der Waals surface area (Å²) < 4.78 is 28.4. The van der Waals surface area contributed by atoms with E-state index >= 15 is 0 Å². The third-order valence-corrected chi connectivity index (χ3v) is 9.45. The van der Waals surface area contributed by atoms with Gasteiger partial charge in [-0.2, -0.15) is 0 Å². The average Bonchev–Trinajstić information content (AvgIpc) is 3.04. The van der Waals surface area contributed by atoms with Gasteiger partial charge in [-0.3, -0.25) is 28.8 Å². The van der Waals surface area contributed by atoms with Gasteiger partial charge in [0.05, 0.1) is 25.0 Å². The molecule has 2 aliphatic heterocycles. The number of aliphatic carboxylic acids is 1. The Hall–Kier alpha value is -5.64. The zero-order chi connectivity index (χ0) is 38.4. The number of carboxylic acids is 1. The summed E-state index contributed by atoms with van der Waals surface area (Å²) in [6.45, 7) is 4.90. The summed E-state index contributed by atoms with van der Waals surface area (Å²) in [5, 5.41) is 54.5. The van der Waals surface area contributed by atoms with Gasteiger partial charge in [0, 0.05) is 50.2 Å². The van der Waals surface area contributed by atoms with Crippen LogP contribution in [0.1, 0.15) is 69.8 Å². The summed E-state index contributed by atoms with van der Waals surface area (Å²) in [6, 6.07) is 5.11. The van der Waals surface area contributed by atoms with Crippen molar-refractivity contribution in [2.75, 3.05) is 13.2 Å². The Morgan fingerprint density at radius 2 is 1.48 bits per heavy atom. The minimum atomic E-state index is -1.99. The second kappa shape index (κ2) is 13.8. The van der Waals surface area contributed by atoms with Crippen molar-refractivity contribution >= 4 is 41.2 Å². The molecular weight excluding hydrogens is 688 g/mol. The summed E-state index contributed by atoms with van der Waals surface area (Å²) in [4.78, 5) is 74.8.